The molecule has 0 bridgehead atoms. The molecule has 1 aliphatic rings. The van der Waals surface area contributed by atoms with Crippen molar-refractivity contribution in [2.75, 3.05) is 20.1 Å². The quantitative estimate of drug-likeness (QED) is 0.860. The predicted octanol–water partition coefficient (Wildman–Crippen LogP) is 3.08. The van der Waals surface area contributed by atoms with Crippen molar-refractivity contribution in [3.05, 3.63) is 35.9 Å². The Balaban J connectivity index is 1.94. The van der Waals surface area contributed by atoms with E-state index in [1.54, 1.807) is 0 Å². The van der Waals surface area contributed by atoms with Gasteiger partial charge in [0.05, 0.1) is 12.6 Å². The lowest BCUT2D eigenvalue weighted by atomic mass is 10.1. The van der Waals surface area contributed by atoms with E-state index in [9.17, 15) is 9.18 Å². The number of hydrogen-bond donors (Lipinski definition) is 0. The van der Waals surface area contributed by atoms with E-state index < -0.39 is 17.9 Å². The molecule has 1 aromatic rings. The van der Waals surface area contributed by atoms with Gasteiger partial charge in [-0.25, -0.2) is 9.18 Å². The molecule has 0 spiro atoms. The van der Waals surface area contributed by atoms with Crippen molar-refractivity contribution in [3.63, 3.8) is 0 Å². The van der Waals surface area contributed by atoms with Crippen molar-refractivity contribution in [1.82, 2.24) is 9.80 Å². The Bertz CT molecular complexity index is 501. The van der Waals surface area contributed by atoms with Gasteiger partial charge in [0.15, 0.2) is 0 Å². The van der Waals surface area contributed by atoms with Gasteiger partial charge in [0.25, 0.3) is 0 Å². The Morgan fingerprint density at radius 3 is 2.55 bits per heavy atom. The normalized spacial score (nSPS) is 22.2. The lowest BCUT2D eigenvalue weighted by molar-refractivity contribution is 0.0278. The van der Waals surface area contributed by atoms with Crippen molar-refractivity contribution in [2.45, 2.75) is 45.1 Å². The summed E-state index contributed by atoms with van der Waals surface area (Å²) in [5, 5.41) is 0. The van der Waals surface area contributed by atoms with Gasteiger partial charge in [-0.2, -0.15) is 0 Å². The molecule has 5 heteroatoms. The minimum Gasteiger partial charge on any atom is -0.444 e. The van der Waals surface area contributed by atoms with Crippen LogP contribution < -0.4 is 0 Å². The first kappa shape index (κ1) is 16.7. The van der Waals surface area contributed by atoms with Gasteiger partial charge < -0.3 is 9.64 Å². The van der Waals surface area contributed by atoms with E-state index in [0.717, 1.165) is 5.56 Å². The van der Waals surface area contributed by atoms with Gasteiger partial charge >= 0.3 is 6.09 Å². The van der Waals surface area contributed by atoms with Crippen LogP contribution in [0.5, 0.6) is 0 Å². The number of likely N-dealkylation sites (N-methyl/N-ethyl adjacent to an activating group) is 1. The fourth-order valence-electron chi connectivity index (χ4n) is 2.63. The summed E-state index contributed by atoms with van der Waals surface area (Å²) < 4.78 is 19.6. The average Bonchev–Trinajstić information content (AvgIpc) is 2.80. The van der Waals surface area contributed by atoms with Crippen LogP contribution in [0.4, 0.5) is 9.18 Å². The zero-order valence-corrected chi connectivity index (χ0v) is 13.8. The average molecular weight is 308 g/mol. The maximum absolute atomic E-state index is 14.3. The van der Waals surface area contributed by atoms with E-state index in [1.165, 1.54) is 4.90 Å². The number of amides is 1. The molecule has 122 valence electrons. The molecule has 2 rings (SSSR count). The SMILES string of the molecule is CN(Cc1ccccc1)[C@@H]1CN(C(=O)OC(C)(C)C)C[C@H]1F. The lowest BCUT2D eigenvalue weighted by Gasteiger charge is -2.26. The number of ether oxygens (including phenoxy) is 1. The second kappa shape index (κ2) is 6.65. The van der Waals surface area contributed by atoms with Gasteiger partial charge in [0.2, 0.25) is 0 Å². The van der Waals surface area contributed by atoms with Crippen LogP contribution in [0.15, 0.2) is 30.3 Å². The van der Waals surface area contributed by atoms with E-state index in [4.69, 9.17) is 4.74 Å². The summed E-state index contributed by atoms with van der Waals surface area (Å²) in [7, 11) is 1.89. The summed E-state index contributed by atoms with van der Waals surface area (Å²) in [5.41, 5.74) is 0.574. The first-order valence-corrected chi connectivity index (χ1v) is 7.62. The molecule has 0 aliphatic carbocycles. The van der Waals surface area contributed by atoms with Gasteiger partial charge in [0, 0.05) is 13.1 Å². The Morgan fingerprint density at radius 1 is 1.32 bits per heavy atom. The number of carbonyl (C=O) groups is 1. The summed E-state index contributed by atoms with van der Waals surface area (Å²) in [5.74, 6) is 0. The standard InChI is InChI=1S/C17H25FN2O2/c1-17(2,3)22-16(21)20-11-14(18)15(12-20)19(4)10-13-8-6-5-7-9-13/h5-9,14-15H,10-12H2,1-4H3/t14-,15-/m1/s1. The van der Waals surface area contributed by atoms with Gasteiger partial charge in [-0.15, -0.1) is 0 Å². The molecule has 1 amide bonds. The Hall–Kier alpha value is -1.62. The van der Waals surface area contributed by atoms with Crippen LogP contribution in [0.25, 0.3) is 0 Å². The molecule has 1 aliphatic heterocycles. The Labute approximate surface area is 131 Å². The van der Waals surface area contributed by atoms with Crippen LogP contribution in [0.1, 0.15) is 26.3 Å². The Kier molecular flexibility index (Phi) is 5.06. The molecule has 1 heterocycles. The summed E-state index contributed by atoms with van der Waals surface area (Å²) in [4.78, 5) is 15.5. The number of rotatable bonds is 3. The number of hydrogen-bond acceptors (Lipinski definition) is 3. The van der Waals surface area contributed by atoms with Crippen LogP contribution in [0.2, 0.25) is 0 Å². The number of likely N-dealkylation sites (tertiary alicyclic amines) is 1. The first-order valence-electron chi connectivity index (χ1n) is 7.62. The minimum absolute atomic E-state index is 0.0959. The number of halogens is 1. The smallest absolute Gasteiger partial charge is 0.410 e. The van der Waals surface area contributed by atoms with Crippen LogP contribution in [0, 0.1) is 0 Å². The monoisotopic (exact) mass is 308 g/mol. The maximum Gasteiger partial charge on any atom is 0.410 e. The molecule has 0 radical (unpaired) electrons. The van der Waals surface area contributed by atoms with Crippen LogP contribution in [-0.2, 0) is 11.3 Å². The second-order valence-corrected chi connectivity index (χ2v) is 6.87. The number of carbonyl (C=O) groups excluding carboxylic acids is 1. The van der Waals surface area contributed by atoms with E-state index >= 15 is 0 Å². The van der Waals surface area contributed by atoms with E-state index in [0.29, 0.717) is 13.1 Å². The molecule has 0 N–H and O–H groups in total. The van der Waals surface area contributed by atoms with Gasteiger partial charge in [-0.3, -0.25) is 4.90 Å². The van der Waals surface area contributed by atoms with E-state index in [-0.39, 0.29) is 12.6 Å². The Morgan fingerprint density at radius 2 is 1.95 bits per heavy atom. The van der Waals surface area contributed by atoms with Crippen molar-refractivity contribution in [3.8, 4) is 0 Å². The highest BCUT2D eigenvalue weighted by molar-refractivity contribution is 5.68. The highest BCUT2D eigenvalue weighted by Crippen LogP contribution is 2.22. The van der Waals surface area contributed by atoms with E-state index in [1.807, 2.05) is 63.1 Å². The molecule has 22 heavy (non-hydrogen) atoms. The zero-order chi connectivity index (χ0) is 16.3. The van der Waals surface area contributed by atoms with Gasteiger partial charge in [-0.05, 0) is 33.4 Å². The van der Waals surface area contributed by atoms with Crippen molar-refractivity contribution >= 4 is 6.09 Å². The third-order valence-electron chi connectivity index (χ3n) is 3.71. The molecule has 1 fully saturated rings. The number of benzene rings is 1. The van der Waals surface area contributed by atoms with Crippen LogP contribution in [0.3, 0.4) is 0 Å². The van der Waals surface area contributed by atoms with Crippen molar-refractivity contribution in [1.29, 1.82) is 0 Å². The highest BCUT2D eigenvalue weighted by atomic mass is 19.1. The highest BCUT2D eigenvalue weighted by Gasteiger charge is 2.39. The van der Waals surface area contributed by atoms with Gasteiger partial charge in [0.1, 0.15) is 11.8 Å². The second-order valence-electron chi connectivity index (χ2n) is 6.87. The van der Waals surface area contributed by atoms with Crippen LogP contribution in [-0.4, -0.2) is 53.8 Å². The molecular formula is C17H25FN2O2. The fourth-order valence-corrected chi connectivity index (χ4v) is 2.63. The lowest BCUT2D eigenvalue weighted by Crippen LogP contribution is -2.40. The third kappa shape index (κ3) is 4.44. The van der Waals surface area contributed by atoms with Crippen molar-refractivity contribution in [2.24, 2.45) is 0 Å². The summed E-state index contributed by atoms with van der Waals surface area (Å²) in [6.45, 7) is 6.55. The molecule has 2 atom stereocenters. The number of nitrogens with zero attached hydrogens (tertiary/aromatic N) is 2. The van der Waals surface area contributed by atoms with Crippen LogP contribution >= 0.6 is 0 Å². The summed E-state index contributed by atoms with van der Waals surface area (Å²) in [6, 6.07) is 9.64. The number of alkyl halides is 1. The van der Waals surface area contributed by atoms with Gasteiger partial charge in [-0.1, -0.05) is 30.3 Å². The predicted molar refractivity (Wildman–Crippen MR) is 84.4 cm³/mol. The molecule has 0 saturated carbocycles. The fraction of sp³-hybridized carbons (Fsp3) is 0.588. The maximum atomic E-state index is 14.3. The minimum atomic E-state index is -1.05. The topological polar surface area (TPSA) is 32.8 Å². The molecule has 1 saturated heterocycles. The summed E-state index contributed by atoms with van der Waals surface area (Å²) in [6.07, 6.45) is -1.49. The van der Waals surface area contributed by atoms with Crippen molar-refractivity contribution < 1.29 is 13.9 Å². The molecule has 0 unspecified atom stereocenters. The van der Waals surface area contributed by atoms with E-state index in [2.05, 4.69) is 0 Å². The molecule has 4 nitrogen and oxygen atoms in total. The first-order chi connectivity index (χ1) is 10.3. The summed E-state index contributed by atoms with van der Waals surface area (Å²) >= 11 is 0. The molecular weight excluding hydrogens is 283 g/mol. The molecule has 1 aromatic carbocycles. The zero-order valence-electron chi connectivity index (χ0n) is 13.8. The third-order valence-corrected chi connectivity index (χ3v) is 3.71. The largest absolute Gasteiger partial charge is 0.444 e. The molecule has 0 aromatic heterocycles.